The first kappa shape index (κ1) is 60.0. The SMILES string of the molecule is CC[N+]1=C(C)CC(NCC2Cc3cc(Nc4nc(C)cc(NC)n4)c(Cl)c(C4=CCNCCC4)c3O2)=[N+](CC)C1Nc1cc2c(c(C3=CCNC(C)CC3)c1F)OC(CNC1CC(C)NC(Nc3cc4c(c(C5=CCNCCC5)c3C)OCC4)N1)C2. The number of halogens is 2. The first-order valence-electron chi connectivity index (χ1n) is 31.9. The van der Waals surface area contributed by atoms with Gasteiger partial charge in [-0.1, -0.05) is 29.8 Å². The Kier molecular flexibility index (Phi) is 18.5. The summed E-state index contributed by atoms with van der Waals surface area (Å²) in [7, 11) is 1.85. The lowest BCUT2D eigenvalue weighted by molar-refractivity contribution is -0.773. The minimum atomic E-state index is -0.365. The summed E-state index contributed by atoms with van der Waals surface area (Å²) in [6, 6.07) is 8.88. The van der Waals surface area contributed by atoms with E-state index in [-0.39, 0.29) is 42.8 Å². The van der Waals surface area contributed by atoms with Crippen molar-refractivity contribution in [2.24, 2.45) is 0 Å². The molecule has 4 aromatic rings. The highest BCUT2D eigenvalue weighted by Gasteiger charge is 2.41. The monoisotopic (exact) mass is 1200 g/mol. The van der Waals surface area contributed by atoms with Crippen molar-refractivity contribution in [3.63, 3.8) is 0 Å². The molecule has 0 aliphatic carbocycles. The van der Waals surface area contributed by atoms with Crippen molar-refractivity contribution in [2.75, 3.05) is 93.8 Å². The molecule has 18 nitrogen and oxygen atoms in total. The molecule has 460 valence electrons. The van der Waals surface area contributed by atoms with Crippen LogP contribution in [0.3, 0.4) is 0 Å². The summed E-state index contributed by atoms with van der Waals surface area (Å²) in [5, 5.41) is 40.9. The summed E-state index contributed by atoms with van der Waals surface area (Å²) >= 11 is 7.41. The largest absolute Gasteiger partial charge is 0.492 e. The summed E-state index contributed by atoms with van der Waals surface area (Å²) < 4.78 is 42.9. The van der Waals surface area contributed by atoms with E-state index in [1.807, 2.05) is 26.1 Å². The molecule has 0 spiro atoms. The van der Waals surface area contributed by atoms with Gasteiger partial charge in [0.1, 0.15) is 61.1 Å². The maximum Gasteiger partial charge on any atom is 0.372 e. The second kappa shape index (κ2) is 26.6. The number of nitrogens with zero attached hydrogens (tertiary/aromatic N) is 4. The molecule has 20 heteroatoms. The van der Waals surface area contributed by atoms with Crippen molar-refractivity contribution < 1.29 is 27.8 Å². The van der Waals surface area contributed by atoms with Crippen LogP contribution in [-0.2, 0) is 19.3 Å². The number of aryl methyl sites for hydroxylation is 1. The Balaban J connectivity index is 0.769. The van der Waals surface area contributed by atoms with Gasteiger partial charge in [-0.25, -0.2) is 9.37 Å². The number of amidine groups is 1. The zero-order valence-corrected chi connectivity index (χ0v) is 52.5. The van der Waals surface area contributed by atoms with Crippen LogP contribution in [-0.4, -0.2) is 146 Å². The molecule has 0 radical (unpaired) electrons. The minimum absolute atomic E-state index is 0.00946. The highest BCUT2D eigenvalue weighted by atomic mass is 35.5. The Bertz CT molecular complexity index is 3380. The summed E-state index contributed by atoms with van der Waals surface area (Å²) in [5.41, 5.74) is 15.3. The first-order chi connectivity index (χ1) is 41.8. The van der Waals surface area contributed by atoms with Crippen LogP contribution in [0.25, 0.3) is 16.7 Å². The van der Waals surface area contributed by atoms with Gasteiger partial charge in [0.2, 0.25) is 5.95 Å². The van der Waals surface area contributed by atoms with Crippen LogP contribution >= 0.6 is 11.6 Å². The second-order valence-electron chi connectivity index (χ2n) is 24.7. The molecule has 12 rings (SSSR count). The van der Waals surface area contributed by atoms with Crippen LogP contribution in [0.5, 0.6) is 17.2 Å². The minimum Gasteiger partial charge on any atom is -0.492 e. The number of anilines is 5. The van der Waals surface area contributed by atoms with E-state index in [4.69, 9.17) is 35.8 Å². The molecule has 0 saturated carbocycles. The molecular weight excluding hydrogens is 1110 g/mol. The fourth-order valence-corrected chi connectivity index (χ4v) is 14.4. The fourth-order valence-electron chi connectivity index (χ4n) is 14.1. The summed E-state index contributed by atoms with van der Waals surface area (Å²) in [6.07, 6.45) is 15.4. The number of fused-ring (bicyclic) bond motifs is 3. The lowest BCUT2D eigenvalue weighted by atomic mass is 9.92. The number of benzene rings is 3. The Morgan fingerprint density at radius 3 is 2.15 bits per heavy atom. The standard InChI is InChI=1S/C66H90ClFN15O3/c1-9-82-40(6)29-55(74-36-49-30-46-33-51(78-65-75-38(4)27-53(69-8)80-65)59(67)57(62(46)85-49)43-14-12-22-71-24-18-43)83(10-2)66(82)79-52-34-47-31-48(86-63(47)58(60(52)68)44-16-15-37(3)72-25-19-44)35-73-54-28-39(5)76-64(81-54)77-50-32-45-20-26-84-61(45)56(41(50)7)42-13-11-21-70-23-17-42/h17-19,27,32-34,37,39,48-49,54,64,66,70-73,76-77,79,81H,9-16,20-26,28-31,35-36H2,1-8H3,(H2,69,75,78,80)/q+1/p+1. The normalized spacial score (nSPS) is 24.8. The third kappa shape index (κ3) is 12.8. The van der Waals surface area contributed by atoms with E-state index in [1.165, 1.54) is 33.5 Å². The van der Waals surface area contributed by atoms with Crippen LogP contribution in [0, 0.1) is 19.7 Å². The van der Waals surface area contributed by atoms with E-state index >= 15 is 4.39 Å². The fraction of sp³-hybridized carbons (Fsp3) is 0.545. The van der Waals surface area contributed by atoms with Gasteiger partial charge in [-0.15, -0.1) is 0 Å². The molecule has 3 aromatic carbocycles. The molecule has 86 heavy (non-hydrogen) atoms. The van der Waals surface area contributed by atoms with Crippen molar-refractivity contribution in [1.82, 2.24) is 47.2 Å². The van der Waals surface area contributed by atoms with Crippen LogP contribution in [0.1, 0.15) is 131 Å². The van der Waals surface area contributed by atoms with Crippen molar-refractivity contribution in [3.8, 4) is 17.2 Å². The van der Waals surface area contributed by atoms with Crippen molar-refractivity contribution in [1.29, 1.82) is 0 Å². The van der Waals surface area contributed by atoms with Gasteiger partial charge < -0.3 is 46.1 Å². The number of hydrogen-bond donors (Lipinski definition) is 11. The molecule has 8 aliphatic heterocycles. The Morgan fingerprint density at radius 1 is 0.721 bits per heavy atom. The summed E-state index contributed by atoms with van der Waals surface area (Å²) in [6.45, 7) is 22.7. The number of nitrogens with one attached hydrogen (secondary N) is 11. The topological polar surface area (TPSA) is 192 Å². The van der Waals surface area contributed by atoms with Gasteiger partial charge in [-0.05, 0) is 140 Å². The second-order valence-corrected chi connectivity index (χ2v) is 25.1. The maximum atomic E-state index is 18.0. The number of hydrogen-bond acceptors (Lipinski definition) is 16. The van der Waals surface area contributed by atoms with Crippen LogP contribution in [0.4, 0.5) is 33.2 Å². The molecule has 1 saturated heterocycles. The molecule has 1 fully saturated rings. The molecule has 7 unspecified atom stereocenters. The summed E-state index contributed by atoms with van der Waals surface area (Å²) in [5.74, 6) is 4.56. The number of allylic oxidation sites excluding steroid dienone is 3. The van der Waals surface area contributed by atoms with Gasteiger partial charge >= 0.3 is 6.29 Å². The van der Waals surface area contributed by atoms with Crippen LogP contribution in [0.2, 0.25) is 5.02 Å². The number of aromatic nitrogens is 2. The van der Waals surface area contributed by atoms with E-state index in [2.05, 4.69) is 140 Å². The average Bonchev–Trinajstić information content (AvgIpc) is 3.29. The smallest absolute Gasteiger partial charge is 0.372 e. The van der Waals surface area contributed by atoms with E-state index in [0.29, 0.717) is 79.6 Å². The lowest BCUT2D eigenvalue weighted by Gasteiger charge is -2.38. The quantitative estimate of drug-likeness (QED) is 0.0451. The van der Waals surface area contributed by atoms with Crippen molar-refractivity contribution in [2.45, 2.75) is 162 Å². The lowest BCUT2D eigenvalue weighted by Crippen LogP contribution is -2.65. The molecule has 9 heterocycles. The van der Waals surface area contributed by atoms with E-state index < -0.39 is 0 Å². The van der Waals surface area contributed by atoms with Gasteiger partial charge in [-0.2, -0.15) is 14.1 Å². The zero-order valence-electron chi connectivity index (χ0n) is 51.7. The molecular formula is C66H91ClFN15O3+2. The molecule has 11 N–H and O–H groups in total. The van der Waals surface area contributed by atoms with Crippen molar-refractivity contribution in [3.05, 3.63) is 98.0 Å². The van der Waals surface area contributed by atoms with E-state index in [0.717, 1.165) is 153 Å². The molecule has 0 bridgehead atoms. The Labute approximate surface area is 512 Å². The Hall–Kier alpha value is -6.32. The molecule has 7 atom stereocenters. The maximum absolute atomic E-state index is 18.0. The predicted molar refractivity (Wildman–Crippen MR) is 346 cm³/mol. The molecule has 8 aliphatic rings. The predicted octanol–water partition coefficient (Wildman–Crippen LogP) is 8.50. The highest BCUT2D eigenvalue weighted by Crippen LogP contribution is 2.48. The number of ether oxygens (including phenoxy) is 3. The first-order valence-corrected chi connectivity index (χ1v) is 32.3. The number of rotatable bonds is 17. The van der Waals surface area contributed by atoms with Gasteiger partial charge in [0.05, 0.1) is 41.3 Å². The van der Waals surface area contributed by atoms with Gasteiger partial charge in [0, 0.05) is 117 Å². The van der Waals surface area contributed by atoms with Gasteiger partial charge in [0.25, 0.3) is 5.84 Å². The Morgan fingerprint density at radius 2 is 1.41 bits per heavy atom. The average molecular weight is 1200 g/mol. The van der Waals surface area contributed by atoms with Crippen LogP contribution < -0.4 is 72.7 Å². The van der Waals surface area contributed by atoms with E-state index in [9.17, 15) is 0 Å². The summed E-state index contributed by atoms with van der Waals surface area (Å²) in [4.78, 5) is 9.38. The third-order valence-electron chi connectivity index (χ3n) is 18.5. The third-order valence-corrected chi connectivity index (χ3v) is 18.9. The van der Waals surface area contributed by atoms with Gasteiger partial charge in [-0.3, -0.25) is 26.6 Å². The molecule has 1 aromatic heterocycles. The van der Waals surface area contributed by atoms with E-state index in [1.54, 1.807) is 0 Å². The van der Waals surface area contributed by atoms with Gasteiger partial charge in [0.15, 0.2) is 11.5 Å². The highest BCUT2D eigenvalue weighted by molar-refractivity contribution is 6.35. The zero-order chi connectivity index (χ0) is 59.6. The molecule has 0 amide bonds. The van der Waals surface area contributed by atoms with Crippen LogP contribution in [0.15, 0.2) is 42.5 Å². The van der Waals surface area contributed by atoms with Crippen molar-refractivity contribution >= 4 is 68.7 Å².